The first-order valence-corrected chi connectivity index (χ1v) is 6.03. The number of alkyl halides is 1. The Morgan fingerprint density at radius 3 is 2.67 bits per heavy atom. The van der Waals surface area contributed by atoms with Crippen LogP contribution >= 0.6 is 15.9 Å². The molecule has 0 unspecified atom stereocenters. The third-order valence-corrected chi connectivity index (χ3v) is 3.13. The normalized spacial score (nSPS) is 10.8. The maximum atomic E-state index is 5.20. The van der Waals surface area contributed by atoms with E-state index in [0.717, 1.165) is 5.33 Å². The molecule has 2 heteroatoms. The van der Waals surface area contributed by atoms with E-state index < -0.39 is 0 Å². The van der Waals surface area contributed by atoms with Gasteiger partial charge in [-0.3, -0.25) is 0 Å². The summed E-state index contributed by atoms with van der Waals surface area (Å²) in [5.41, 5.74) is 2.59. The lowest BCUT2D eigenvalue weighted by atomic mass is 10.0. The van der Waals surface area contributed by atoms with Crippen LogP contribution in [0.25, 0.3) is 10.8 Å². The lowest BCUT2D eigenvalue weighted by Gasteiger charge is -2.10. The van der Waals surface area contributed by atoms with Crippen LogP contribution in [0.4, 0.5) is 0 Å². The fourth-order valence-electron chi connectivity index (χ4n) is 1.83. The maximum absolute atomic E-state index is 5.20. The summed E-state index contributed by atoms with van der Waals surface area (Å²) in [6.45, 7) is 0.672. The molecule has 0 aliphatic rings. The molecule has 0 N–H and O–H groups in total. The predicted molar refractivity (Wildman–Crippen MR) is 67.3 cm³/mol. The summed E-state index contributed by atoms with van der Waals surface area (Å²) >= 11 is 3.54. The molecule has 0 spiro atoms. The molecule has 0 amide bonds. The summed E-state index contributed by atoms with van der Waals surface area (Å²) in [5, 5.41) is 3.46. The molecule has 0 radical (unpaired) electrons. The Labute approximate surface area is 98.2 Å². The first kappa shape index (κ1) is 10.7. The first-order valence-electron chi connectivity index (χ1n) is 4.91. The molecular weight excluding hydrogens is 252 g/mol. The highest BCUT2D eigenvalue weighted by atomic mass is 79.9. The van der Waals surface area contributed by atoms with E-state index in [9.17, 15) is 0 Å². The topological polar surface area (TPSA) is 9.23 Å². The number of benzene rings is 2. The third kappa shape index (κ3) is 2.06. The highest BCUT2D eigenvalue weighted by Crippen LogP contribution is 2.25. The summed E-state index contributed by atoms with van der Waals surface area (Å²) in [4.78, 5) is 0. The van der Waals surface area contributed by atoms with E-state index in [0.29, 0.717) is 6.61 Å². The molecule has 2 rings (SSSR count). The van der Waals surface area contributed by atoms with Crippen LogP contribution in [0.5, 0.6) is 0 Å². The van der Waals surface area contributed by atoms with Crippen molar-refractivity contribution in [3.63, 3.8) is 0 Å². The minimum absolute atomic E-state index is 0.672. The van der Waals surface area contributed by atoms with Crippen LogP contribution in [0.3, 0.4) is 0 Å². The van der Waals surface area contributed by atoms with Crippen molar-refractivity contribution in [2.45, 2.75) is 11.9 Å². The van der Waals surface area contributed by atoms with Gasteiger partial charge in [-0.15, -0.1) is 0 Å². The highest BCUT2D eigenvalue weighted by molar-refractivity contribution is 9.08. The number of hydrogen-bond acceptors (Lipinski definition) is 1. The van der Waals surface area contributed by atoms with Gasteiger partial charge in [-0.25, -0.2) is 0 Å². The Morgan fingerprint density at radius 1 is 1.13 bits per heavy atom. The van der Waals surface area contributed by atoms with Crippen molar-refractivity contribution in [2.75, 3.05) is 7.11 Å². The van der Waals surface area contributed by atoms with Gasteiger partial charge in [-0.1, -0.05) is 52.3 Å². The van der Waals surface area contributed by atoms with Gasteiger partial charge in [-0.2, -0.15) is 0 Å². The fraction of sp³-hybridized carbons (Fsp3) is 0.231. The number of ether oxygens (including phenoxy) is 1. The van der Waals surface area contributed by atoms with E-state index in [-0.39, 0.29) is 0 Å². The average molecular weight is 265 g/mol. The second kappa shape index (κ2) is 4.77. The number of halogens is 1. The molecule has 0 heterocycles. The summed E-state index contributed by atoms with van der Waals surface area (Å²) in [7, 11) is 1.73. The van der Waals surface area contributed by atoms with E-state index >= 15 is 0 Å². The lowest BCUT2D eigenvalue weighted by molar-refractivity contribution is 0.184. The van der Waals surface area contributed by atoms with Gasteiger partial charge < -0.3 is 4.74 Å². The molecule has 0 bridgehead atoms. The molecule has 0 saturated heterocycles. The van der Waals surface area contributed by atoms with E-state index in [1.165, 1.54) is 21.9 Å². The Bertz CT molecular complexity index is 465. The minimum Gasteiger partial charge on any atom is -0.380 e. The van der Waals surface area contributed by atoms with E-state index in [1.807, 2.05) is 0 Å². The van der Waals surface area contributed by atoms with Crippen LogP contribution in [-0.2, 0) is 16.7 Å². The van der Waals surface area contributed by atoms with Crippen LogP contribution in [0.1, 0.15) is 11.1 Å². The van der Waals surface area contributed by atoms with E-state index in [4.69, 9.17) is 4.74 Å². The molecule has 0 aromatic heterocycles. The minimum atomic E-state index is 0.672. The van der Waals surface area contributed by atoms with Crippen LogP contribution in [-0.4, -0.2) is 7.11 Å². The molecule has 0 fully saturated rings. The molecule has 0 aliphatic heterocycles. The maximum Gasteiger partial charge on any atom is 0.0716 e. The van der Waals surface area contributed by atoms with Crippen molar-refractivity contribution in [1.29, 1.82) is 0 Å². The van der Waals surface area contributed by atoms with Crippen LogP contribution in [0, 0.1) is 0 Å². The summed E-state index contributed by atoms with van der Waals surface area (Å²) < 4.78 is 5.20. The summed E-state index contributed by atoms with van der Waals surface area (Å²) in [6.07, 6.45) is 0. The summed E-state index contributed by atoms with van der Waals surface area (Å²) in [5.74, 6) is 0. The zero-order valence-corrected chi connectivity index (χ0v) is 10.3. The summed E-state index contributed by atoms with van der Waals surface area (Å²) in [6, 6.07) is 12.7. The van der Waals surface area contributed by atoms with E-state index in [2.05, 4.69) is 52.3 Å². The molecule has 15 heavy (non-hydrogen) atoms. The van der Waals surface area contributed by atoms with Crippen molar-refractivity contribution in [1.82, 2.24) is 0 Å². The quantitative estimate of drug-likeness (QED) is 0.765. The average Bonchev–Trinajstić information content (AvgIpc) is 2.29. The standard InChI is InChI=1S/C13H13BrO/c1-15-9-11-7-6-10-4-2-3-5-12(10)13(11)8-14/h2-7H,8-9H2,1H3. The van der Waals surface area contributed by atoms with E-state index in [1.54, 1.807) is 7.11 Å². The molecular formula is C13H13BrO. The first-order chi connectivity index (χ1) is 7.36. The zero-order chi connectivity index (χ0) is 10.7. The molecule has 2 aromatic rings. The van der Waals surface area contributed by atoms with Crippen LogP contribution in [0.15, 0.2) is 36.4 Å². The lowest BCUT2D eigenvalue weighted by Crippen LogP contribution is -1.94. The second-order valence-corrected chi connectivity index (χ2v) is 4.05. The van der Waals surface area contributed by atoms with Gasteiger partial charge in [0.1, 0.15) is 0 Å². The SMILES string of the molecule is COCc1ccc2ccccc2c1CBr. The van der Waals surface area contributed by atoms with Crippen molar-refractivity contribution in [3.8, 4) is 0 Å². The molecule has 78 valence electrons. The molecule has 2 aromatic carbocycles. The third-order valence-electron chi connectivity index (χ3n) is 2.57. The van der Waals surface area contributed by atoms with Crippen LogP contribution < -0.4 is 0 Å². The van der Waals surface area contributed by atoms with Gasteiger partial charge in [-0.05, 0) is 21.9 Å². The smallest absolute Gasteiger partial charge is 0.0716 e. The number of hydrogen-bond donors (Lipinski definition) is 0. The molecule has 0 aliphatic carbocycles. The Morgan fingerprint density at radius 2 is 1.93 bits per heavy atom. The number of fused-ring (bicyclic) bond motifs is 1. The number of rotatable bonds is 3. The van der Waals surface area contributed by atoms with Crippen molar-refractivity contribution in [3.05, 3.63) is 47.5 Å². The van der Waals surface area contributed by atoms with Gasteiger partial charge in [0.15, 0.2) is 0 Å². The largest absolute Gasteiger partial charge is 0.380 e. The number of methoxy groups -OCH3 is 1. The van der Waals surface area contributed by atoms with Gasteiger partial charge in [0.05, 0.1) is 6.61 Å². The van der Waals surface area contributed by atoms with Gasteiger partial charge in [0.25, 0.3) is 0 Å². The van der Waals surface area contributed by atoms with Crippen molar-refractivity contribution >= 4 is 26.7 Å². The highest BCUT2D eigenvalue weighted by Gasteiger charge is 2.05. The Hall–Kier alpha value is -0.860. The molecule has 0 atom stereocenters. The molecule has 0 saturated carbocycles. The Balaban J connectivity index is 2.64. The molecule has 1 nitrogen and oxygen atoms in total. The fourth-order valence-corrected chi connectivity index (χ4v) is 2.49. The van der Waals surface area contributed by atoms with Crippen LogP contribution in [0.2, 0.25) is 0 Å². The van der Waals surface area contributed by atoms with Crippen molar-refractivity contribution in [2.24, 2.45) is 0 Å². The van der Waals surface area contributed by atoms with Gasteiger partial charge >= 0.3 is 0 Å². The van der Waals surface area contributed by atoms with Crippen molar-refractivity contribution < 1.29 is 4.74 Å². The Kier molecular flexibility index (Phi) is 3.39. The van der Waals surface area contributed by atoms with Gasteiger partial charge in [0, 0.05) is 12.4 Å². The second-order valence-electron chi connectivity index (χ2n) is 3.49. The monoisotopic (exact) mass is 264 g/mol. The van der Waals surface area contributed by atoms with Gasteiger partial charge in [0.2, 0.25) is 0 Å². The zero-order valence-electron chi connectivity index (χ0n) is 8.66. The predicted octanol–water partition coefficient (Wildman–Crippen LogP) is 3.88.